The highest BCUT2D eigenvalue weighted by molar-refractivity contribution is 5.94. The second-order valence-corrected chi connectivity index (χ2v) is 4.27. The van der Waals surface area contributed by atoms with E-state index in [-0.39, 0.29) is 30.7 Å². The number of likely N-dealkylation sites (N-methyl/N-ethyl adjacent to an activating group) is 1. The molecule has 0 spiro atoms. The molecule has 0 fully saturated rings. The zero-order valence-corrected chi connectivity index (χ0v) is 11.1. The van der Waals surface area contributed by atoms with Crippen molar-refractivity contribution < 1.29 is 19.1 Å². The van der Waals surface area contributed by atoms with E-state index in [0.717, 1.165) is 19.3 Å². The molecular formula is C13H20N2O4. The summed E-state index contributed by atoms with van der Waals surface area (Å²) < 4.78 is 4.98. The number of carbonyl (C=O) groups excluding carboxylic acids is 2. The van der Waals surface area contributed by atoms with E-state index in [0.29, 0.717) is 6.54 Å². The fraction of sp³-hybridized carbons (Fsp3) is 0.538. The molecule has 0 bridgehead atoms. The summed E-state index contributed by atoms with van der Waals surface area (Å²) in [5.74, 6) is -0.301. The summed E-state index contributed by atoms with van der Waals surface area (Å²) in [6.07, 6.45) is 3.86. The second-order valence-electron chi connectivity index (χ2n) is 4.27. The van der Waals surface area contributed by atoms with Crippen molar-refractivity contribution in [2.45, 2.75) is 19.3 Å². The topological polar surface area (TPSA) is 82.8 Å². The van der Waals surface area contributed by atoms with E-state index in [2.05, 4.69) is 5.32 Å². The first-order chi connectivity index (χ1) is 9.15. The number of unbranched alkanes of at least 4 members (excludes halogenated alkanes) is 2. The summed E-state index contributed by atoms with van der Waals surface area (Å²) in [4.78, 5) is 24.7. The molecule has 2 amide bonds. The lowest BCUT2D eigenvalue weighted by molar-refractivity contribution is -0.121. The summed E-state index contributed by atoms with van der Waals surface area (Å²) in [6, 6.07) is 3.19. The number of carbonyl (C=O) groups is 2. The first kappa shape index (κ1) is 15.2. The maximum absolute atomic E-state index is 11.8. The third-order valence-corrected chi connectivity index (χ3v) is 2.62. The summed E-state index contributed by atoms with van der Waals surface area (Å²) in [5, 5.41) is 11.3. The summed E-state index contributed by atoms with van der Waals surface area (Å²) in [7, 11) is 1.55. The minimum Gasteiger partial charge on any atom is -0.459 e. The van der Waals surface area contributed by atoms with E-state index in [1.54, 1.807) is 19.2 Å². The molecule has 1 rings (SSSR count). The Morgan fingerprint density at radius 2 is 2.16 bits per heavy atom. The minimum atomic E-state index is -0.319. The Morgan fingerprint density at radius 1 is 1.37 bits per heavy atom. The average molecular weight is 268 g/mol. The van der Waals surface area contributed by atoms with Gasteiger partial charge in [-0.3, -0.25) is 9.59 Å². The van der Waals surface area contributed by atoms with E-state index in [4.69, 9.17) is 9.52 Å². The van der Waals surface area contributed by atoms with Gasteiger partial charge in [0.25, 0.3) is 5.91 Å². The zero-order chi connectivity index (χ0) is 14.1. The van der Waals surface area contributed by atoms with Gasteiger partial charge in [0.15, 0.2) is 5.76 Å². The van der Waals surface area contributed by atoms with Crippen LogP contribution in [0.25, 0.3) is 0 Å². The molecule has 0 atom stereocenters. The molecular weight excluding hydrogens is 248 g/mol. The predicted molar refractivity (Wildman–Crippen MR) is 69.6 cm³/mol. The molecule has 106 valence electrons. The molecule has 0 saturated heterocycles. The summed E-state index contributed by atoms with van der Waals surface area (Å²) in [6.45, 7) is 0.732. The lowest BCUT2D eigenvalue weighted by atomic mass is 10.2. The lowest BCUT2D eigenvalue weighted by Gasteiger charge is -2.15. The largest absolute Gasteiger partial charge is 0.459 e. The first-order valence-corrected chi connectivity index (χ1v) is 6.31. The van der Waals surface area contributed by atoms with Crippen molar-refractivity contribution >= 4 is 11.8 Å². The monoisotopic (exact) mass is 268 g/mol. The molecule has 0 radical (unpaired) electrons. The molecule has 1 heterocycles. The number of rotatable bonds is 8. The maximum Gasteiger partial charge on any atom is 0.289 e. The second kappa shape index (κ2) is 8.31. The van der Waals surface area contributed by atoms with Crippen molar-refractivity contribution in [1.82, 2.24) is 10.2 Å². The number of aliphatic hydroxyl groups excluding tert-OH is 1. The predicted octanol–water partition coefficient (Wildman–Crippen LogP) is 0.630. The van der Waals surface area contributed by atoms with Gasteiger partial charge in [-0.15, -0.1) is 0 Å². The minimum absolute atomic E-state index is 0.000463. The number of amides is 2. The highest BCUT2D eigenvalue weighted by Crippen LogP contribution is 2.03. The highest BCUT2D eigenvalue weighted by atomic mass is 16.3. The van der Waals surface area contributed by atoms with Crippen LogP contribution in [0.5, 0.6) is 0 Å². The van der Waals surface area contributed by atoms with Crippen molar-refractivity contribution in [2.24, 2.45) is 0 Å². The Morgan fingerprint density at radius 3 is 2.79 bits per heavy atom. The molecule has 0 aliphatic carbocycles. The Labute approximate surface area is 112 Å². The number of aliphatic hydroxyl groups is 1. The molecule has 1 aromatic heterocycles. The molecule has 0 unspecified atom stereocenters. The molecule has 2 N–H and O–H groups in total. The van der Waals surface area contributed by atoms with Gasteiger partial charge in [0.2, 0.25) is 5.91 Å². The number of hydrogen-bond acceptors (Lipinski definition) is 4. The van der Waals surface area contributed by atoms with Gasteiger partial charge >= 0.3 is 0 Å². The van der Waals surface area contributed by atoms with Gasteiger partial charge in [0.1, 0.15) is 0 Å². The molecule has 0 saturated carbocycles. The van der Waals surface area contributed by atoms with Crippen LogP contribution >= 0.6 is 0 Å². The molecule has 6 heteroatoms. The van der Waals surface area contributed by atoms with Crippen LogP contribution in [0.4, 0.5) is 0 Å². The van der Waals surface area contributed by atoms with E-state index >= 15 is 0 Å². The molecule has 0 aromatic carbocycles. The third kappa shape index (κ3) is 5.56. The van der Waals surface area contributed by atoms with E-state index in [1.165, 1.54) is 11.2 Å². The van der Waals surface area contributed by atoms with Gasteiger partial charge in [-0.05, 0) is 31.4 Å². The van der Waals surface area contributed by atoms with Crippen molar-refractivity contribution in [2.75, 3.05) is 26.7 Å². The standard InChI is InChI=1S/C13H20N2O4/c1-15(13(18)11-6-5-9-19-11)10-12(17)14-7-3-2-4-8-16/h5-6,9,16H,2-4,7-8,10H2,1H3,(H,14,17). The van der Waals surface area contributed by atoms with Crippen LogP contribution in [-0.4, -0.2) is 48.6 Å². The number of nitrogens with one attached hydrogen (secondary N) is 1. The first-order valence-electron chi connectivity index (χ1n) is 6.31. The van der Waals surface area contributed by atoms with Crippen molar-refractivity contribution in [1.29, 1.82) is 0 Å². The van der Waals surface area contributed by atoms with Gasteiger partial charge < -0.3 is 19.7 Å². The van der Waals surface area contributed by atoms with Crippen LogP contribution in [0.2, 0.25) is 0 Å². The lowest BCUT2D eigenvalue weighted by Crippen LogP contribution is -2.38. The molecule has 0 aliphatic heterocycles. The van der Waals surface area contributed by atoms with Crippen molar-refractivity contribution in [3.8, 4) is 0 Å². The van der Waals surface area contributed by atoms with E-state index in [9.17, 15) is 9.59 Å². The van der Waals surface area contributed by atoms with Crippen LogP contribution in [0.15, 0.2) is 22.8 Å². The molecule has 0 aliphatic rings. The molecule has 19 heavy (non-hydrogen) atoms. The molecule has 1 aromatic rings. The Kier molecular flexibility index (Phi) is 6.67. The van der Waals surface area contributed by atoms with Crippen molar-refractivity contribution in [3.05, 3.63) is 24.2 Å². The zero-order valence-electron chi connectivity index (χ0n) is 11.1. The van der Waals surface area contributed by atoms with Gasteiger partial charge in [-0.2, -0.15) is 0 Å². The summed E-state index contributed by atoms with van der Waals surface area (Å²) in [5.41, 5.74) is 0. The van der Waals surface area contributed by atoms with Crippen LogP contribution in [0, 0.1) is 0 Å². The fourth-order valence-electron chi connectivity index (χ4n) is 1.57. The van der Waals surface area contributed by atoms with E-state index < -0.39 is 0 Å². The van der Waals surface area contributed by atoms with Crippen LogP contribution in [-0.2, 0) is 4.79 Å². The molecule has 6 nitrogen and oxygen atoms in total. The number of hydrogen-bond donors (Lipinski definition) is 2. The van der Waals surface area contributed by atoms with E-state index in [1.807, 2.05) is 0 Å². The Balaban J connectivity index is 2.22. The quantitative estimate of drug-likeness (QED) is 0.677. The fourth-order valence-corrected chi connectivity index (χ4v) is 1.57. The number of furan rings is 1. The summed E-state index contributed by atoms with van der Waals surface area (Å²) >= 11 is 0. The van der Waals surface area contributed by atoms with Crippen LogP contribution in [0.1, 0.15) is 29.8 Å². The van der Waals surface area contributed by atoms with Gasteiger partial charge in [0, 0.05) is 20.2 Å². The SMILES string of the molecule is CN(CC(=O)NCCCCCO)C(=O)c1ccco1. The number of nitrogens with zero attached hydrogens (tertiary/aromatic N) is 1. The average Bonchev–Trinajstić information content (AvgIpc) is 2.91. The van der Waals surface area contributed by atoms with Crippen molar-refractivity contribution in [3.63, 3.8) is 0 Å². The smallest absolute Gasteiger partial charge is 0.289 e. The van der Waals surface area contributed by atoms with Gasteiger partial charge in [0.05, 0.1) is 12.8 Å². The van der Waals surface area contributed by atoms with Gasteiger partial charge in [-0.25, -0.2) is 0 Å². The third-order valence-electron chi connectivity index (χ3n) is 2.62. The normalized spacial score (nSPS) is 10.2. The highest BCUT2D eigenvalue weighted by Gasteiger charge is 2.16. The maximum atomic E-state index is 11.8. The Hall–Kier alpha value is -1.82. The van der Waals surface area contributed by atoms with Gasteiger partial charge in [-0.1, -0.05) is 0 Å². The van der Waals surface area contributed by atoms with Crippen LogP contribution < -0.4 is 5.32 Å². The van der Waals surface area contributed by atoms with Crippen LogP contribution in [0.3, 0.4) is 0 Å². The Bertz CT molecular complexity index is 389.